The summed E-state index contributed by atoms with van der Waals surface area (Å²) in [5, 5.41) is 3.17. The Hall–Kier alpha value is -2.50. The lowest BCUT2D eigenvalue weighted by Gasteiger charge is -2.26. The van der Waals surface area contributed by atoms with Crippen molar-refractivity contribution in [3.8, 4) is 0 Å². The molecule has 0 saturated carbocycles. The normalized spacial score (nSPS) is 16.9. The van der Waals surface area contributed by atoms with E-state index >= 15 is 0 Å². The van der Waals surface area contributed by atoms with Crippen molar-refractivity contribution in [2.75, 3.05) is 5.32 Å². The highest BCUT2D eigenvalue weighted by Gasteiger charge is 2.23. The molecule has 1 aliphatic heterocycles. The molecule has 1 atom stereocenters. The lowest BCUT2D eigenvalue weighted by atomic mass is 9.96. The average molecular weight is 287 g/mol. The largest absolute Gasteiger partial charge is 0.372 e. The van der Waals surface area contributed by atoms with Crippen LogP contribution in [0.15, 0.2) is 35.4 Å². The van der Waals surface area contributed by atoms with E-state index < -0.39 is 0 Å². The molecule has 1 N–H and O–H groups in total. The third-order valence-electron chi connectivity index (χ3n) is 3.65. The summed E-state index contributed by atoms with van der Waals surface area (Å²) in [6, 6.07) is 6.16. The van der Waals surface area contributed by atoms with Gasteiger partial charge in [0.2, 0.25) is 0 Å². The summed E-state index contributed by atoms with van der Waals surface area (Å²) in [7, 11) is 0. The van der Waals surface area contributed by atoms with Crippen molar-refractivity contribution in [2.45, 2.75) is 25.4 Å². The minimum absolute atomic E-state index is 0.0119. The highest BCUT2D eigenvalue weighted by molar-refractivity contribution is 5.53. The van der Waals surface area contributed by atoms with Gasteiger partial charge in [-0.15, -0.1) is 0 Å². The van der Waals surface area contributed by atoms with Gasteiger partial charge in [-0.25, -0.2) is 9.37 Å². The van der Waals surface area contributed by atoms with Gasteiger partial charge in [0.05, 0.1) is 24.6 Å². The molecular weight excluding hydrogens is 273 g/mol. The molecule has 1 aromatic heterocycles. The summed E-state index contributed by atoms with van der Waals surface area (Å²) in [5.74, 6) is -0.287. The molecule has 21 heavy (non-hydrogen) atoms. The summed E-state index contributed by atoms with van der Waals surface area (Å²) in [5.41, 5.74) is 1.81. The quantitative estimate of drug-likeness (QED) is 0.872. The summed E-state index contributed by atoms with van der Waals surface area (Å²) in [6.07, 6.45) is 3.51. The molecule has 0 amide bonds. The lowest BCUT2D eigenvalue weighted by Crippen LogP contribution is -2.31. The second-order valence-electron chi connectivity index (χ2n) is 4.98. The summed E-state index contributed by atoms with van der Waals surface area (Å²) in [6.45, 7) is -0.0119. The molecule has 2 heterocycles. The van der Waals surface area contributed by atoms with E-state index in [9.17, 15) is 14.0 Å². The zero-order chi connectivity index (χ0) is 14.8. The van der Waals surface area contributed by atoms with Gasteiger partial charge in [0.15, 0.2) is 0 Å². The van der Waals surface area contributed by atoms with Crippen LogP contribution in [-0.2, 0) is 17.8 Å². The zero-order valence-corrected chi connectivity index (χ0v) is 11.3. The molecule has 1 aromatic carbocycles. The van der Waals surface area contributed by atoms with Gasteiger partial charge in [0.1, 0.15) is 17.8 Å². The van der Waals surface area contributed by atoms with Gasteiger partial charge in [-0.3, -0.25) is 9.36 Å². The first-order valence-electron chi connectivity index (χ1n) is 6.73. The number of nitrogens with zero attached hydrogens (tertiary/aromatic N) is 2. The first-order chi connectivity index (χ1) is 10.2. The highest BCUT2D eigenvalue weighted by atomic mass is 19.1. The monoisotopic (exact) mass is 287 g/mol. The van der Waals surface area contributed by atoms with Crippen LogP contribution in [0, 0.1) is 5.82 Å². The Morgan fingerprint density at radius 1 is 1.38 bits per heavy atom. The third-order valence-corrected chi connectivity index (χ3v) is 3.65. The Labute approximate surface area is 120 Å². The van der Waals surface area contributed by atoms with E-state index in [0.29, 0.717) is 24.1 Å². The number of hydrogen-bond donors (Lipinski definition) is 1. The number of halogens is 1. The van der Waals surface area contributed by atoms with Crippen molar-refractivity contribution in [3.63, 3.8) is 0 Å². The molecule has 3 rings (SSSR count). The number of aryl methyl sites for hydroxylation is 1. The van der Waals surface area contributed by atoms with E-state index in [0.717, 1.165) is 12.0 Å². The van der Waals surface area contributed by atoms with Crippen molar-refractivity contribution in [3.05, 3.63) is 58.0 Å². The topological polar surface area (TPSA) is 64.0 Å². The Bertz CT molecular complexity index is 725. The first kappa shape index (κ1) is 13.5. The van der Waals surface area contributed by atoms with Crippen molar-refractivity contribution in [2.24, 2.45) is 0 Å². The van der Waals surface area contributed by atoms with E-state index in [1.54, 1.807) is 12.1 Å². The number of carbonyl (C=O) groups excluding carboxylic acids is 1. The Morgan fingerprint density at radius 3 is 2.86 bits per heavy atom. The summed E-state index contributed by atoms with van der Waals surface area (Å²) in [4.78, 5) is 27.1. The second-order valence-corrected chi connectivity index (χ2v) is 4.98. The molecule has 0 spiro atoms. The predicted molar refractivity (Wildman–Crippen MR) is 75.6 cm³/mol. The molecule has 6 heteroatoms. The van der Waals surface area contributed by atoms with Crippen molar-refractivity contribution in [1.29, 1.82) is 0 Å². The predicted octanol–water partition coefficient (Wildman–Crippen LogP) is 1.68. The van der Waals surface area contributed by atoms with Crippen LogP contribution in [0.2, 0.25) is 0 Å². The number of hydrogen-bond acceptors (Lipinski definition) is 4. The molecule has 1 aliphatic rings. The minimum Gasteiger partial charge on any atom is -0.372 e. The zero-order valence-electron chi connectivity index (χ0n) is 11.3. The fraction of sp³-hybridized carbons (Fsp3) is 0.267. The molecule has 0 aliphatic carbocycles. The second kappa shape index (κ2) is 5.47. The standard InChI is InChI=1S/C15H14FN3O2/c16-11-3-1-10(2-4-11)12-5-6-13-14(18-12)15(21)19(7-8-20)9-17-13/h1-4,8-9,12,18H,5-7H2. The maximum Gasteiger partial charge on any atom is 0.277 e. The van der Waals surface area contributed by atoms with E-state index in [4.69, 9.17) is 0 Å². The van der Waals surface area contributed by atoms with Gasteiger partial charge in [-0.2, -0.15) is 0 Å². The van der Waals surface area contributed by atoms with Gasteiger partial charge in [0, 0.05) is 0 Å². The SMILES string of the molecule is O=CCn1cnc2c(c1=O)NC(c1ccc(F)cc1)CC2. The van der Waals surface area contributed by atoms with Gasteiger partial charge in [-0.05, 0) is 30.5 Å². The lowest BCUT2D eigenvalue weighted by molar-refractivity contribution is -0.108. The summed E-state index contributed by atoms with van der Waals surface area (Å²) < 4.78 is 14.2. The third kappa shape index (κ3) is 2.56. The van der Waals surface area contributed by atoms with Crippen LogP contribution in [0.5, 0.6) is 0 Å². The van der Waals surface area contributed by atoms with E-state index in [-0.39, 0.29) is 24.0 Å². The number of nitrogens with one attached hydrogen (secondary N) is 1. The average Bonchev–Trinajstić information content (AvgIpc) is 2.51. The number of benzene rings is 1. The van der Waals surface area contributed by atoms with E-state index in [1.165, 1.54) is 23.0 Å². The molecule has 0 saturated heterocycles. The van der Waals surface area contributed by atoms with E-state index in [1.807, 2.05) is 0 Å². The highest BCUT2D eigenvalue weighted by Crippen LogP contribution is 2.29. The van der Waals surface area contributed by atoms with Crippen LogP contribution >= 0.6 is 0 Å². The van der Waals surface area contributed by atoms with Crippen LogP contribution in [0.1, 0.15) is 23.7 Å². The number of fused-ring (bicyclic) bond motifs is 1. The Balaban J connectivity index is 1.93. The van der Waals surface area contributed by atoms with Gasteiger partial charge in [-0.1, -0.05) is 12.1 Å². The number of aldehydes is 1. The molecule has 0 fully saturated rings. The van der Waals surface area contributed by atoms with E-state index in [2.05, 4.69) is 10.3 Å². The number of rotatable bonds is 3. The number of aromatic nitrogens is 2. The maximum absolute atomic E-state index is 13.0. The Morgan fingerprint density at radius 2 is 2.14 bits per heavy atom. The fourth-order valence-corrected chi connectivity index (χ4v) is 2.54. The fourth-order valence-electron chi connectivity index (χ4n) is 2.54. The maximum atomic E-state index is 13.0. The van der Waals surface area contributed by atoms with Crippen LogP contribution in [0.4, 0.5) is 10.1 Å². The van der Waals surface area contributed by atoms with Crippen LogP contribution in [-0.4, -0.2) is 15.8 Å². The first-order valence-corrected chi connectivity index (χ1v) is 6.73. The van der Waals surface area contributed by atoms with Crippen LogP contribution in [0.25, 0.3) is 0 Å². The van der Waals surface area contributed by atoms with Crippen LogP contribution in [0.3, 0.4) is 0 Å². The minimum atomic E-state index is -0.287. The van der Waals surface area contributed by atoms with Crippen molar-refractivity contribution < 1.29 is 9.18 Å². The molecule has 1 unspecified atom stereocenters. The molecule has 108 valence electrons. The number of carbonyl (C=O) groups is 1. The molecule has 0 bridgehead atoms. The molecule has 2 aromatic rings. The summed E-state index contributed by atoms with van der Waals surface area (Å²) >= 11 is 0. The van der Waals surface area contributed by atoms with Crippen LogP contribution < -0.4 is 10.9 Å². The molecule has 5 nitrogen and oxygen atoms in total. The van der Waals surface area contributed by atoms with Gasteiger partial charge < -0.3 is 10.1 Å². The van der Waals surface area contributed by atoms with Crippen molar-refractivity contribution >= 4 is 12.0 Å². The smallest absolute Gasteiger partial charge is 0.277 e. The van der Waals surface area contributed by atoms with Gasteiger partial charge >= 0.3 is 0 Å². The van der Waals surface area contributed by atoms with Crippen molar-refractivity contribution in [1.82, 2.24) is 9.55 Å². The Kier molecular flexibility index (Phi) is 3.51. The number of anilines is 1. The molecular formula is C15H14FN3O2. The molecule has 0 radical (unpaired) electrons. The van der Waals surface area contributed by atoms with Gasteiger partial charge in [0.25, 0.3) is 5.56 Å².